The van der Waals surface area contributed by atoms with Gasteiger partial charge in [0.05, 0.1) is 6.10 Å². The minimum atomic E-state index is -0.910. The van der Waals surface area contributed by atoms with Crippen molar-refractivity contribution in [1.82, 2.24) is 4.90 Å². The number of rotatable bonds is 2. The lowest BCUT2D eigenvalue weighted by Gasteiger charge is -2.36. The molecule has 0 aromatic rings. The van der Waals surface area contributed by atoms with Crippen molar-refractivity contribution in [2.24, 2.45) is 5.92 Å². The number of fused-ring (bicyclic) bond motifs is 1. The summed E-state index contributed by atoms with van der Waals surface area (Å²) >= 11 is 0. The first-order valence-corrected chi connectivity index (χ1v) is 6.95. The van der Waals surface area contributed by atoms with Gasteiger partial charge < -0.3 is 18.9 Å². The lowest BCUT2D eigenvalue weighted by Crippen LogP contribution is -2.55. The molecule has 0 N–H and O–H groups in total. The van der Waals surface area contributed by atoms with Crippen molar-refractivity contribution >= 4 is 6.09 Å². The molecule has 2 heterocycles. The maximum Gasteiger partial charge on any atom is 0.410 e. The van der Waals surface area contributed by atoms with Crippen LogP contribution in [0.25, 0.3) is 0 Å². The van der Waals surface area contributed by atoms with Crippen molar-refractivity contribution in [2.45, 2.75) is 51.2 Å². The molecule has 0 saturated carbocycles. The van der Waals surface area contributed by atoms with Crippen LogP contribution in [0.5, 0.6) is 0 Å². The molecule has 116 valence electrons. The second-order valence-corrected chi connectivity index (χ2v) is 6.55. The van der Waals surface area contributed by atoms with Crippen LogP contribution < -0.4 is 0 Å². The van der Waals surface area contributed by atoms with Crippen molar-refractivity contribution in [2.75, 3.05) is 27.4 Å². The highest BCUT2D eigenvalue weighted by Crippen LogP contribution is 2.41. The van der Waals surface area contributed by atoms with Crippen LogP contribution in [0.15, 0.2) is 0 Å². The zero-order valence-corrected chi connectivity index (χ0v) is 13.1. The fraction of sp³-hybridized carbons (Fsp3) is 0.929. The van der Waals surface area contributed by atoms with Gasteiger partial charge >= 0.3 is 6.09 Å². The van der Waals surface area contributed by atoms with E-state index >= 15 is 0 Å². The van der Waals surface area contributed by atoms with Crippen molar-refractivity contribution in [3.05, 3.63) is 0 Å². The molecule has 3 atom stereocenters. The first kappa shape index (κ1) is 15.5. The van der Waals surface area contributed by atoms with Gasteiger partial charge in [-0.1, -0.05) is 6.92 Å². The van der Waals surface area contributed by atoms with Crippen LogP contribution in [0.1, 0.15) is 27.7 Å². The topological polar surface area (TPSA) is 57.2 Å². The number of ether oxygens (including phenoxy) is 4. The van der Waals surface area contributed by atoms with Gasteiger partial charge in [0.25, 0.3) is 0 Å². The van der Waals surface area contributed by atoms with Gasteiger partial charge in [-0.3, -0.25) is 4.90 Å². The summed E-state index contributed by atoms with van der Waals surface area (Å²) in [5.41, 5.74) is -0.527. The Labute approximate surface area is 120 Å². The monoisotopic (exact) mass is 287 g/mol. The zero-order valence-electron chi connectivity index (χ0n) is 13.1. The van der Waals surface area contributed by atoms with Gasteiger partial charge in [0.1, 0.15) is 18.2 Å². The average molecular weight is 287 g/mol. The number of carbonyl (C=O) groups is 1. The van der Waals surface area contributed by atoms with E-state index in [9.17, 15) is 4.79 Å². The van der Waals surface area contributed by atoms with E-state index in [1.165, 1.54) is 0 Å². The SMILES string of the molecule is COC1(OC)COC2C(C)CN(C(=O)OC(C)(C)C)C21. The maximum absolute atomic E-state index is 12.4. The molecule has 0 aromatic heterocycles. The Hall–Kier alpha value is -0.850. The van der Waals surface area contributed by atoms with Gasteiger partial charge in [0, 0.05) is 26.7 Å². The highest BCUT2D eigenvalue weighted by Gasteiger charge is 2.61. The highest BCUT2D eigenvalue weighted by atomic mass is 16.7. The Kier molecular flexibility index (Phi) is 4.01. The zero-order chi connectivity index (χ0) is 15.1. The van der Waals surface area contributed by atoms with Crippen LogP contribution in [-0.2, 0) is 18.9 Å². The standard InChI is InChI=1S/C14H25NO5/c1-9-7-15(12(16)20-13(2,3)4)11-10(9)19-8-14(11,17-5)18-6/h9-11H,7-8H2,1-6H3. The number of hydrogen-bond acceptors (Lipinski definition) is 5. The van der Waals surface area contributed by atoms with Gasteiger partial charge in [-0.15, -0.1) is 0 Å². The third kappa shape index (κ3) is 2.52. The molecular weight excluding hydrogens is 262 g/mol. The fourth-order valence-corrected chi connectivity index (χ4v) is 3.01. The van der Waals surface area contributed by atoms with E-state index in [1.807, 2.05) is 20.8 Å². The summed E-state index contributed by atoms with van der Waals surface area (Å²) in [6.45, 7) is 8.52. The molecule has 20 heavy (non-hydrogen) atoms. The number of hydrogen-bond donors (Lipinski definition) is 0. The molecule has 1 amide bonds. The van der Waals surface area contributed by atoms with E-state index < -0.39 is 11.4 Å². The normalized spacial score (nSPS) is 32.3. The Balaban J connectivity index is 2.23. The minimum Gasteiger partial charge on any atom is -0.444 e. The summed E-state index contributed by atoms with van der Waals surface area (Å²) in [6, 6.07) is -0.276. The summed E-state index contributed by atoms with van der Waals surface area (Å²) in [5, 5.41) is 0. The second-order valence-electron chi connectivity index (χ2n) is 6.55. The Bertz CT molecular complexity index is 374. The molecule has 2 rings (SSSR count). The summed E-state index contributed by atoms with van der Waals surface area (Å²) in [7, 11) is 3.15. The Morgan fingerprint density at radius 1 is 1.30 bits per heavy atom. The third-order valence-corrected chi connectivity index (χ3v) is 3.94. The summed E-state index contributed by atoms with van der Waals surface area (Å²) in [4.78, 5) is 14.1. The van der Waals surface area contributed by atoms with Crippen molar-refractivity contribution in [3.63, 3.8) is 0 Å². The summed E-state index contributed by atoms with van der Waals surface area (Å²) < 4.78 is 22.3. The number of carbonyl (C=O) groups excluding carboxylic acids is 1. The molecule has 0 aliphatic carbocycles. The minimum absolute atomic E-state index is 0.0811. The maximum atomic E-state index is 12.4. The predicted octanol–water partition coefficient (Wildman–Crippen LogP) is 1.63. The van der Waals surface area contributed by atoms with E-state index in [-0.39, 0.29) is 24.2 Å². The van der Waals surface area contributed by atoms with Crippen LogP contribution in [0.2, 0.25) is 0 Å². The van der Waals surface area contributed by atoms with Crippen LogP contribution in [0, 0.1) is 5.92 Å². The van der Waals surface area contributed by atoms with Crippen LogP contribution in [0.3, 0.4) is 0 Å². The smallest absolute Gasteiger partial charge is 0.410 e. The van der Waals surface area contributed by atoms with E-state index in [2.05, 4.69) is 6.92 Å². The summed E-state index contributed by atoms with van der Waals surface area (Å²) in [5.74, 6) is -0.688. The van der Waals surface area contributed by atoms with Crippen LogP contribution in [-0.4, -0.2) is 61.9 Å². The first-order chi connectivity index (χ1) is 9.24. The molecule has 2 fully saturated rings. The van der Waals surface area contributed by atoms with Crippen LogP contribution in [0.4, 0.5) is 4.79 Å². The van der Waals surface area contributed by atoms with Gasteiger partial charge in [-0.2, -0.15) is 0 Å². The number of nitrogens with zero attached hydrogens (tertiary/aromatic N) is 1. The molecule has 3 unspecified atom stereocenters. The predicted molar refractivity (Wildman–Crippen MR) is 72.4 cm³/mol. The lowest BCUT2D eigenvalue weighted by molar-refractivity contribution is -0.224. The Morgan fingerprint density at radius 2 is 1.90 bits per heavy atom. The van der Waals surface area contributed by atoms with Crippen molar-refractivity contribution in [3.8, 4) is 0 Å². The van der Waals surface area contributed by atoms with Gasteiger partial charge in [-0.05, 0) is 20.8 Å². The van der Waals surface area contributed by atoms with E-state index in [0.717, 1.165) is 0 Å². The molecule has 0 aromatic carbocycles. The number of methoxy groups -OCH3 is 2. The number of likely N-dealkylation sites (tertiary alicyclic amines) is 1. The van der Waals surface area contributed by atoms with E-state index in [0.29, 0.717) is 13.2 Å². The quantitative estimate of drug-likeness (QED) is 0.723. The molecule has 0 spiro atoms. The highest BCUT2D eigenvalue weighted by molar-refractivity contribution is 5.69. The molecular formula is C14H25NO5. The molecule has 2 aliphatic heterocycles. The number of amides is 1. The lowest BCUT2D eigenvalue weighted by atomic mass is 10.0. The van der Waals surface area contributed by atoms with E-state index in [4.69, 9.17) is 18.9 Å². The van der Waals surface area contributed by atoms with Gasteiger partial charge in [0.15, 0.2) is 0 Å². The first-order valence-electron chi connectivity index (χ1n) is 6.95. The molecule has 6 heteroatoms. The Morgan fingerprint density at radius 3 is 2.40 bits per heavy atom. The van der Waals surface area contributed by atoms with Crippen molar-refractivity contribution in [1.29, 1.82) is 0 Å². The van der Waals surface area contributed by atoms with E-state index in [1.54, 1.807) is 19.1 Å². The molecule has 6 nitrogen and oxygen atoms in total. The van der Waals surface area contributed by atoms with Crippen LogP contribution >= 0.6 is 0 Å². The molecule has 2 saturated heterocycles. The average Bonchev–Trinajstić information content (AvgIpc) is 2.87. The fourth-order valence-electron chi connectivity index (χ4n) is 3.01. The summed E-state index contributed by atoms with van der Waals surface area (Å²) in [6.07, 6.45) is -0.428. The van der Waals surface area contributed by atoms with Gasteiger partial charge in [-0.25, -0.2) is 4.79 Å². The largest absolute Gasteiger partial charge is 0.444 e. The van der Waals surface area contributed by atoms with Gasteiger partial charge in [0.2, 0.25) is 5.79 Å². The molecule has 2 aliphatic rings. The molecule has 0 bridgehead atoms. The second kappa shape index (κ2) is 5.16. The molecule has 0 radical (unpaired) electrons. The van der Waals surface area contributed by atoms with Crippen molar-refractivity contribution < 1.29 is 23.7 Å². The third-order valence-electron chi connectivity index (χ3n) is 3.94.